The van der Waals surface area contributed by atoms with Crippen LogP contribution in [0.25, 0.3) is 10.9 Å². The first-order valence-corrected chi connectivity index (χ1v) is 7.78. The number of aromatic carboxylic acids is 1. The number of halogens is 1. The Morgan fingerprint density at radius 2 is 1.95 bits per heavy atom. The van der Waals surface area contributed by atoms with Crippen molar-refractivity contribution < 1.29 is 9.90 Å². The highest BCUT2D eigenvalue weighted by Gasteiger charge is 2.20. The molecule has 3 nitrogen and oxygen atoms in total. The van der Waals surface area contributed by atoms with Gasteiger partial charge in [-0.15, -0.1) is 0 Å². The summed E-state index contributed by atoms with van der Waals surface area (Å²) < 4.78 is 0.926. The Hall–Kier alpha value is -1.42. The first-order valence-electron chi connectivity index (χ1n) is 6.98. The van der Waals surface area contributed by atoms with Gasteiger partial charge < -0.3 is 5.11 Å². The number of benzene rings is 1. The molecule has 1 aromatic carbocycles. The molecular weight excluding hydrogens is 318 g/mol. The predicted octanol–water partition coefficient (Wildman–Crippen LogP) is 4.74. The minimum Gasteiger partial charge on any atom is -0.478 e. The van der Waals surface area contributed by atoms with Crippen LogP contribution in [0.1, 0.15) is 54.1 Å². The largest absolute Gasteiger partial charge is 0.478 e. The van der Waals surface area contributed by atoms with E-state index in [0.717, 1.165) is 28.5 Å². The van der Waals surface area contributed by atoms with E-state index >= 15 is 0 Å². The maximum absolute atomic E-state index is 11.5. The first kappa shape index (κ1) is 13.6. The molecule has 1 aliphatic carbocycles. The summed E-state index contributed by atoms with van der Waals surface area (Å²) in [5.74, 6) is -0.470. The van der Waals surface area contributed by atoms with E-state index in [-0.39, 0.29) is 0 Å². The smallest absolute Gasteiger partial charge is 0.336 e. The van der Waals surface area contributed by atoms with Gasteiger partial charge in [0.2, 0.25) is 0 Å². The molecule has 0 unspecified atom stereocenters. The molecule has 3 rings (SSSR count). The number of rotatable bonds is 2. The Morgan fingerprint density at radius 3 is 2.65 bits per heavy atom. The highest BCUT2D eigenvalue weighted by Crippen LogP contribution is 2.34. The number of carboxylic acids is 1. The zero-order chi connectivity index (χ0) is 14.1. The SMILES string of the molecule is O=C(O)c1cc(C2CCCCC2)nc2cc(Br)ccc12. The van der Waals surface area contributed by atoms with Gasteiger partial charge in [0.05, 0.1) is 11.1 Å². The Balaban J connectivity index is 2.15. The summed E-state index contributed by atoms with van der Waals surface area (Å²) in [4.78, 5) is 16.2. The number of nitrogens with zero attached hydrogens (tertiary/aromatic N) is 1. The molecular formula is C16H16BrNO2. The Bertz CT molecular complexity index is 663. The highest BCUT2D eigenvalue weighted by molar-refractivity contribution is 9.10. The Labute approximate surface area is 126 Å². The molecule has 1 aliphatic rings. The minimum absolute atomic E-state index is 0.364. The number of pyridine rings is 1. The van der Waals surface area contributed by atoms with Crippen molar-refractivity contribution in [1.29, 1.82) is 0 Å². The van der Waals surface area contributed by atoms with Crippen LogP contribution < -0.4 is 0 Å². The number of aromatic nitrogens is 1. The van der Waals surface area contributed by atoms with Crippen LogP contribution in [0, 0.1) is 0 Å². The lowest BCUT2D eigenvalue weighted by Gasteiger charge is -2.21. The lowest BCUT2D eigenvalue weighted by Crippen LogP contribution is -2.09. The fraction of sp³-hybridized carbons (Fsp3) is 0.375. The number of hydrogen-bond acceptors (Lipinski definition) is 2. The van der Waals surface area contributed by atoms with Gasteiger partial charge in [-0.25, -0.2) is 4.79 Å². The summed E-state index contributed by atoms with van der Waals surface area (Å²) >= 11 is 3.43. The van der Waals surface area contributed by atoms with E-state index in [2.05, 4.69) is 15.9 Å². The van der Waals surface area contributed by atoms with Crippen molar-refractivity contribution in [1.82, 2.24) is 4.98 Å². The number of carbonyl (C=O) groups is 1. The van der Waals surface area contributed by atoms with Crippen LogP contribution in [0.15, 0.2) is 28.7 Å². The zero-order valence-electron chi connectivity index (χ0n) is 11.1. The van der Waals surface area contributed by atoms with Gasteiger partial charge in [0.25, 0.3) is 0 Å². The van der Waals surface area contributed by atoms with E-state index < -0.39 is 5.97 Å². The van der Waals surface area contributed by atoms with Gasteiger partial charge in [0.1, 0.15) is 0 Å². The number of carboxylic acid groups (broad SMARTS) is 1. The molecule has 0 atom stereocenters. The molecule has 104 valence electrons. The molecule has 1 fully saturated rings. The number of hydrogen-bond donors (Lipinski definition) is 1. The average Bonchev–Trinajstić information content (AvgIpc) is 2.46. The predicted molar refractivity (Wildman–Crippen MR) is 82.2 cm³/mol. The van der Waals surface area contributed by atoms with Gasteiger partial charge in [-0.05, 0) is 31.0 Å². The average molecular weight is 334 g/mol. The van der Waals surface area contributed by atoms with Gasteiger partial charge in [-0.2, -0.15) is 0 Å². The van der Waals surface area contributed by atoms with E-state index in [0.29, 0.717) is 16.9 Å². The van der Waals surface area contributed by atoms with Crippen LogP contribution in [-0.4, -0.2) is 16.1 Å². The summed E-state index contributed by atoms with van der Waals surface area (Å²) in [7, 11) is 0. The van der Waals surface area contributed by atoms with Crippen LogP contribution >= 0.6 is 15.9 Å². The molecule has 0 spiro atoms. The van der Waals surface area contributed by atoms with Gasteiger partial charge in [0.15, 0.2) is 0 Å². The second kappa shape index (κ2) is 5.52. The molecule has 0 bridgehead atoms. The van der Waals surface area contributed by atoms with Gasteiger partial charge in [0, 0.05) is 21.5 Å². The summed E-state index contributed by atoms with van der Waals surface area (Å²) in [5.41, 5.74) is 2.07. The fourth-order valence-electron chi connectivity index (χ4n) is 3.01. The van der Waals surface area contributed by atoms with Crippen molar-refractivity contribution in [3.63, 3.8) is 0 Å². The summed E-state index contributed by atoms with van der Waals surface area (Å²) in [6.45, 7) is 0. The molecule has 4 heteroatoms. The molecule has 0 saturated heterocycles. The van der Waals surface area contributed by atoms with Crippen molar-refractivity contribution >= 4 is 32.8 Å². The van der Waals surface area contributed by atoms with Crippen LogP contribution in [-0.2, 0) is 0 Å². The second-order valence-electron chi connectivity index (χ2n) is 5.40. The van der Waals surface area contributed by atoms with Crippen molar-refractivity contribution in [2.45, 2.75) is 38.0 Å². The lowest BCUT2D eigenvalue weighted by atomic mass is 9.86. The second-order valence-corrected chi connectivity index (χ2v) is 6.31. The molecule has 1 saturated carbocycles. The summed E-state index contributed by atoms with van der Waals surface area (Å²) in [6.07, 6.45) is 5.94. The van der Waals surface area contributed by atoms with Gasteiger partial charge in [-0.1, -0.05) is 41.3 Å². The van der Waals surface area contributed by atoms with E-state index in [1.807, 2.05) is 18.2 Å². The molecule has 2 aromatic rings. The molecule has 1 N–H and O–H groups in total. The Kier molecular flexibility index (Phi) is 3.74. The zero-order valence-corrected chi connectivity index (χ0v) is 12.7. The van der Waals surface area contributed by atoms with Crippen molar-refractivity contribution in [3.8, 4) is 0 Å². The van der Waals surface area contributed by atoms with Crippen LogP contribution in [0.5, 0.6) is 0 Å². The van der Waals surface area contributed by atoms with Gasteiger partial charge in [-0.3, -0.25) is 4.98 Å². The molecule has 0 amide bonds. The first-order chi connectivity index (χ1) is 9.65. The van der Waals surface area contributed by atoms with Crippen LogP contribution in [0.3, 0.4) is 0 Å². The summed E-state index contributed by atoms with van der Waals surface area (Å²) in [6, 6.07) is 7.35. The Morgan fingerprint density at radius 1 is 1.20 bits per heavy atom. The summed E-state index contributed by atoms with van der Waals surface area (Å²) in [5, 5.41) is 10.1. The van der Waals surface area contributed by atoms with Crippen molar-refractivity contribution in [2.24, 2.45) is 0 Å². The monoisotopic (exact) mass is 333 g/mol. The third-order valence-electron chi connectivity index (χ3n) is 4.05. The molecule has 20 heavy (non-hydrogen) atoms. The standard InChI is InChI=1S/C16H16BrNO2/c17-11-6-7-12-13(16(19)20)9-14(18-15(12)8-11)10-4-2-1-3-5-10/h6-10H,1-5H2,(H,19,20). The normalized spacial score (nSPS) is 16.4. The maximum Gasteiger partial charge on any atom is 0.336 e. The van der Waals surface area contributed by atoms with Crippen molar-refractivity contribution in [2.75, 3.05) is 0 Å². The van der Waals surface area contributed by atoms with Crippen LogP contribution in [0.2, 0.25) is 0 Å². The molecule has 1 heterocycles. The van der Waals surface area contributed by atoms with Gasteiger partial charge >= 0.3 is 5.97 Å². The van der Waals surface area contributed by atoms with Crippen molar-refractivity contribution in [3.05, 3.63) is 40.0 Å². The van der Waals surface area contributed by atoms with E-state index in [4.69, 9.17) is 4.98 Å². The minimum atomic E-state index is -0.878. The van der Waals surface area contributed by atoms with E-state index in [1.54, 1.807) is 6.07 Å². The van der Waals surface area contributed by atoms with E-state index in [1.165, 1.54) is 19.3 Å². The van der Waals surface area contributed by atoms with E-state index in [9.17, 15) is 9.90 Å². The molecule has 0 aliphatic heterocycles. The molecule has 0 radical (unpaired) electrons. The lowest BCUT2D eigenvalue weighted by molar-refractivity contribution is 0.0699. The highest BCUT2D eigenvalue weighted by atomic mass is 79.9. The third kappa shape index (κ3) is 2.57. The van der Waals surface area contributed by atoms with Crippen LogP contribution in [0.4, 0.5) is 0 Å². The third-order valence-corrected chi connectivity index (χ3v) is 4.54. The maximum atomic E-state index is 11.5. The number of fused-ring (bicyclic) bond motifs is 1. The fourth-order valence-corrected chi connectivity index (χ4v) is 3.36. The quantitative estimate of drug-likeness (QED) is 0.863. The molecule has 1 aromatic heterocycles. The topological polar surface area (TPSA) is 50.2 Å².